The highest BCUT2D eigenvalue weighted by atomic mass is 32.1. The van der Waals surface area contributed by atoms with Crippen molar-refractivity contribution in [2.45, 2.75) is 173 Å². The molecule has 250 valence electrons. The standard InChI is InChI=1S/C35H64N2O5S/c1-2-3-4-5-6-7-8-9-10-11-12-13-14-16-19-24-36-35(39)42-33-23-21-27-41-34(33)30-40-29-32(38)22-18-15-17-20-25-37-26-28-43-31-37/h26,28,31-34,38H,2-25,27,29-30H2,1H3/p+1/t32?,33-,34+/m1/s1. The van der Waals surface area contributed by atoms with Gasteiger partial charge in [-0.3, -0.25) is 0 Å². The minimum atomic E-state index is -0.465. The van der Waals surface area contributed by atoms with Crippen LogP contribution < -0.4 is 9.88 Å². The minimum absolute atomic E-state index is 0.271. The van der Waals surface area contributed by atoms with E-state index in [1.807, 2.05) is 0 Å². The number of carbonyl (C=O) groups is 1. The first-order valence-electron chi connectivity index (χ1n) is 17.9. The number of hydrogen-bond acceptors (Lipinski definition) is 6. The van der Waals surface area contributed by atoms with Crippen molar-refractivity contribution >= 4 is 17.4 Å². The number of aryl methyl sites for hydroxylation is 1. The monoisotopic (exact) mass is 625 g/mol. The van der Waals surface area contributed by atoms with E-state index in [1.54, 1.807) is 11.3 Å². The van der Waals surface area contributed by atoms with Gasteiger partial charge in [-0.2, -0.15) is 4.57 Å². The molecule has 8 heteroatoms. The third kappa shape index (κ3) is 21.2. The van der Waals surface area contributed by atoms with E-state index < -0.39 is 6.10 Å². The molecule has 1 unspecified atom stereocenters. The number of unbranched alkanes of at least 4 members (excludes halogenated alkanes) is 17. The second-order valence-electron chi connectivity index (χ2n) is 12.5. The molecule has 43 heavy (non-hydrogen) atoms. The second kappa shape index (κ2) is 27.1. The molecule has 1 aromatic rings. The van der Waals surface area contributed by atoms with Crippen molar-refractivity contribution in [3.8, 4) is 0 Å². The van der Waals surface area contributed by atoms with Crippen molar-refractivity contribution in [3.63, 3.8) is 0 Å². The zero-order valence-electron chi connectivity index (χ0n) is 27.5. The lowest BCUT2D eigenvalue weighted by Crippen LogP contribution is -2.43. The summed E-state index contributed by atoms with van der Waals surface area (Å²) in [7, 11) is 0. The summed E-state index contributed by atoms with van der Waals surface area (Å²) in [5.41, 5.74) is 2.14. The van der Waals surface area contributed by atoms with Crippen molar-refractivity contribution in [2.75, 3.05) is 26.4 Å². The SMILES string of the molecule is CCCCCCCCCCCCCCCCCNC(=O)O[C@@H]1CCCO[C@H]1COCC(O)CCCCCC[n+]1ccsc1. The van der Waals surface area contributed by atoms with Gasteiger partial charge < -0.3 is 24.6 Å². The molecule has 0 aliphatic carbocycles. The van der Waals surface area contributed by atoms with E-state index >= 15 is 0 Å². The molecule has 0 saturated carbocycles. The Kier molecular flexibility index (Phi) is 23.9. The molecule has 2 N–H and O–H groups in total. The van der Waals surface area contributed by atoms with Gasteiger partial charge in [-0.05, 0) is 32.1 Å². The van der Waals surface area contributed by atoms with Gasteiger partial charge in [0.15, 0.2) is 6.20 Å². The van der Waals surface area contributed by atoms with Crippen LogP contribution in [0.1, 0.15) is 148 Å². The number of ether oxygens (including phenoxy) is 3. The van der Waals surface area contributed by atoms with E-state index in [2.05, 4.69) is 33.9 Å². The summed E-state index contributed by atoms with van der Waals surface area (Å²) < 4.78 is 19.6. The Bertz CT molecular complexity index is 751. The molecule has 2 heterocycles. The number of carbonyl (C=O) groups excluding carboxylic acids is 1. The van der Waals surface area contributed by atoms with E-state index in [0.717, 1.165) is 51.5 Å². The Hall–Kier alpha value is -1.22. The number of aliphatic hydroxyl groups excluding tert-OH is 1. The second-order valence-corrected chi connectivity index (χ2v) is 13.3. The van der Waals surface area contributed by atoms with Gasteiger partial charge in [0.25, 0.3) is 0 Å². The third-order valence-electron chi connectivity index (χ3n) is 8.51. The zero-order chi connectivity index (χ0) is 30.6. The molecule has 0 spiro atoms. The molecule has 1 aromatic heterocycles. The lowest BCUT2D eigenvalue weighted by molar-refractivity contribution is -0.692. The number of thiazole rings is 1. The highest BCUT2D eigenvalue weighted by Gasteiger charge is 2.29. The fourth-order valence-corrected chi connectivity index (χ4v) is 6.42. The highest BCUT2D eigenvalue weighted by Crippen LogP contribution is 2.19. The van der Waals surface area contributed by atoms with Crippen LogP contribution >= 0.6 is 11.3 Å². The fraction of sp³-hybridized carbons (Fsp3) is 0.886. The van der Waals surface area contributed by atoms with E-state index in [4.69, 9.17) is 14.2 Å². The molecule has 0 aromatic carbocycles. The van der Waals surface area contributed by atoms with Crippen LogP contribution in [0.25, 0.3) is 0 Å². The molecule has 7 nitrogen and oxygen atoms in total. The summed E-state index contributed by atoms with van der Waals surface area (Å²) >= 11 is 1.72. The quantitative estimate of drug-likeness (QED) is 0.0721. The van der Waals surface area contributed by atoms with Crippen LogP contribution in [0.4, 0.5) is 4.79 Å². The molecule has 0 bridgehead atoms. The van der Waals surface area contributed by atoms with Gasteiger partial charge in [-0.1, -0.05) is 121 Å². The number of aromatic nitrogens is 1. The number of amides is 1. The van der Waals surface area contributed by atoms with Crippen molar-refractivity contribution in [1.82, 2.24) is 5.32 Å². The Morgan fingerprint density at radius 2 is 1.56 bits per heavy atom. The van der Waals surface area contributed by atoms with Crippen molar-refractivity contribution in [1.29, 1.82) is 0 Å². The van der Waals surface area contributed by atoms with Crippen LogP contribution in [0.3, 0.4) is 0 Å². The Morgan fingerprint density at radius 1 is 0.930 bits per heavy atom. The molecular formula is C35H65N2O5S+. The van der Waals surface area contributed by atoms with Crippen LogP contribution in [0.2, 0.25) is 0 Å². The lowest BCUT2D eigenvalue weighted by atomic mass is 10.0. The maximum Gasteiger partial charge on any atom is 0.407 e. The predicted octanol–water partition coefficient (Wildman–Crippen LogP) is 8.51. The van der Waals surface area contributed by atoms with Crippen LogP contribution in [0.15, 0.2) is 17.1 Å². The maximum absolute atomic E-state index is 12.4. The Morgan fingerprint density at radius 3 is 2.21 bits per heavy atom. The van der Waals surface area contributed by atoms with E-state index in [9.17, 15) is 9.90 Å². The minimum Gasteiger partial charge on any atom is -0.443 e. The fourth-order valence-electron chi connectivity index (χ4n) is 5.79. The van der Waals surface area contributed by atoms with Gasteiger partial charge >= 0.3 is 6.09 Å². The van der Waals surface area contributed by atoms with Gasteiger partial charge in [-0.25, -0.2) is 4.79 Å². The molecular weight excluding hydrogens is 560 g/mol. The maximum atomic E-state index is 12.4. The molecule has 1 saturated heterocycles. The van der Waals surface area contributed by atoms with Crippen molar-refractivity contribution < 1.29 is 28.7 Å². The lowest BCUT2D eigenvalue weighted by Gasteiger charge is -2.31. The summed E-state index contributed by atoms with van der Waals surface area (Å²) in [4.78, 5) is 12.4. The molecule has 3 atom stereocenters. The molecule has 1 aliphatic rings. The van der Waals surface area contributed by atoms with Gasteiger partial charge in [0.2, 0.25) is 5.51 Å². The zero-order valence-corrected chi connectivity index (χ0v) is 28.3. The Labute approximate surface area is 267 Å². The number of hydrogen-bond donors (Lipinski definition) is 2. The first-order chi connectivity index (χ1) is 21.2. The van der Waals surface area contributed by atoms with Crippen molar-refractivity contribution in [3.05, 3.63) is 17.1 Å². The molecule has 1 aliphatic heterocycles. The molecule has 0 radical (unpaired) electrons. The summed E-state index contributed by atoms with van der Waals surface area (Å²) in [5, 5.41) is 15.3. The summed E-state index contributed by atoms with van der Waals surface area (Å²) in [6.07, 6.45) is 27.6. The van der Waals surface area contributed by atoms with E-state index in [1.165, 1.54) is 96.3 Å². The summed E-state index contributed by atoms with van der Waals surface area (Å²) in [6.45, 7) is 5.29. The van der Waals surface area contributed by atoms with Crippen LogP contribution in [-0.4, -0.2) is 55.9 Å². The van der Waals surface area contributed by atoms with E-state index in [-0.39, 0.29) is 18.3 Å². The first kappa shape index (κ1) is 38.0. The van der Waals surface area contributed by atoms with Crippen LogP contribution in [-0.2, 0) is 20.8 Å². The number of nitrogens with one attached hydrogen (secondary N) is 1. The topological polar surface area (TPSA) is 80.9 Å². The number of nitrogens with zero attached hydrogens (tertiary/aromatic N) is 1. The number of alkyl carbamates (subject to hydrolysis) is 1. The predicted molar refractivity (Wildman–Crippen MR) is 177 cm³/mol. The van der Waals surface area contributed by atoms with Crippen LogP contribution in [0, 0.1) is 0 Å². The summed E-state index contributed by atoms with van der Waals surface area (Å²) in [6, 6.07) is 0. The van der Waals surface area contributed by atoms with Gasteiger partial charge in [0.05, 0.1) is 24.7 Å². The number of aliphatic hydroxyl groups is 1. The van der Waals surface area contributed by atoms with Crippen LogP contribution in [0.5, 0.6) is 0 Å². The largest absolute Gasteiger partial charge is 0.443 e. The average Bonchev–Trinajstić information content (AvgIpc) is 3.53. The third-order valence-corrected chi connectivity index (χ3v) is 9.18. The molecule has 2 rings (SSSR count). The summed E-state index contributed by atoms with van der Waals surface area (Å²) in [5.74, 6) is 0. The smallest absolute Gasteiger partial charge is 0.407 e. The first-order valence-corrected chi connectivity index (χ1v) is 18.9. The number of rotatable bonds is 28. The highest BCUT2D eigenvalue weighted by molar-refractivity contribution is 7.07. The Balaban J connectivity index is 1.39. The molecule has 1 amide bonds. The van der Waals surface area contributed by atoms with Gasteiger partial charge in [-0.15, -0.1) is 0 Å². The van der Waals surface area contributed by atoms with Gasteiger partial charge in [0.1, 0.15) is 18.8 Å². The van der Waals surface area contributed by atoms with Gasteiger partial charge in [0, 0.05) is 19.6 Å². The average molecular weight is 626 g/mol. The van der Waals surface area contributed by atoms with Crippen molar-refractivity contribution in [2.24, 2.45) is 0 Å². The van der Waals surface area contributed by atoms with E-state index in [0.29, 0.717) is 26.4 Å². The molecule has 1 fully saturated rings. The normalized spacial score (nSPS) is 17.6.